The number of nitro benzene ring substituents is 1. The summed E-state index contributed by atoms with van der Waals surface area (Å²) < 4.78 is 3.10. The lowest BCUT2D eigenvalue weighted by molar-refractivity contribution is -0.384. The second-order valence-corrected chi connectivity index (χ2v) is 6.86. The minimum atomic E-state index is -0.519. The normalized spacial score (nSPS) is 13.2. The van der Waals surface area contributed by atoms with E-state index in [1.165, 1.54) is 28.9 Å². The van der Waals surface area contributed by atoms with Gasteiger partial charge in [0.1, 0.15) is 0 Å². The molecule has 1 saturated carbocycles. The first-order valence-corrected chi connectivity index (χ1v) is 9.32. The Morgan fingerprint density at radius 1 is 1.14 bits per heavy atom. The standard InChI is InChI=1S/C20H19N5O4/c26-19(15-6-8-17(9-7-15)25(28)29)21-12-13-23-20(27)24(16-10-11-16)18(22-23)14-4-2-1-3-5-14/h1-9,16H,10-13H2,(H,21,26). The second-order valence-electron chi connectivity index (χ2n) is 6.86. The van der Waals surface area contributed by atoms with E-state index in [-0.39, 0.29) is 36.4 Å². The molecule has 0 radical (unpaired) electrons. The van der Waals surface area contributed by atoms with Crippen LogP contribution >= 0.6 is 0 Å². The molecular formula is C20H19N5O4. The van der Waals surface area contributed by atoms with Crippen molar-refractivity contribution in [3.63, 3.8) is 0 Å². The maximum absolute atomic E-state index is 12.8. The smallest absolute Gasteiger partial charge is 0.346 e. The molecule has 2 aromatic carbocycles. The third-order valence-electron chi connectivity index (χ3n) is 4.76. The summed E-state index contributed by atoms with van der Waals surface area (Å²) in [5.41, 5.74) is 0.935. The molecule has 1 amide bonds. The summed E-state index contributed by atoms with van der Waals surface area (Å²) in [6.45, 7) is 0.447. The minimum Gasteiger partial charge on any atom is -0.350 e. The van der Waals surface area contributed by atoms with Crippen LogP contribution in [0.3, 0.4) is 0 Å². The quantitative estimate of drug-likeness (QED) is 0.489. The molecule has 1 aromatic heterocycles. The third-order valence-corrected chi connectivity index (χ3v) is 4.76. The van der Waals surface area contributed by atoms with E-state index in [0.717, 1.165) is 18.4 Å². The van der Waals surface area contributed by atoms with E-state index in [2.05, 4.69) is 10.4 Å². The number of nitro groups is 1. The monoisotopic (exact) mass is 393 g/mol. The second kappa shape index (κ2) is 7.70. The van der Waals surface area contributed by atoms with Gasteiger partial charge in [-0.1, -0.05) is 30.3 Å². The Balaban J connectivity index is 1.45. The number of amides is 1. The highest BCUT2D eigenvalue weighted by atomic mass is 16.6. The molecule has 1 fully saturated rings. The predicted octanol–water partition coefficient (Wildman–Crippen LogP) is 2.38. The molecule has 9 heteroatoms. The van der Waals surface area contributed by atoms with Crippen LogP contribution < -0.4 is 11.0 Å². The van der Waals surface area contributed by atoms with Crippen molar-refractivity contribution in [2.75, 3.05) is 6.54 Å². The van der Waals surface area contributed by atoms with Crippen LogP contribution in [0.2, 0.25) is 0 Å². The number of carbonyl (C=O) groups excluding carboxylic acids is 1. The van der Waals surface area contributed by atoms with E-state index < -0.39 is 4.92 Å². The zero-order chi connectivity index (χ0) is 20.4. The van der Waals surface area contributed by atoms with Crippen molar-refractivity contribution in [1.29, 1.82) is 0 Å². The fourth-order valence-corrected chi connectivity index (χ4v) is 3.12. The number of aromatic nitrogens is 3. The van der Waals surface area contributed by atoms with Gasteiger partial charge in [-0.3, -0.25) is 19.5 Å². The molecule has 0 unspecified atom stereocenters. The van der Waals surface area contributed by atoms with Gasteiger partial charge < -0.3 is 5.32 Å². The molecule has 3 aromatic rings. The Bertz CT molecular complexity index is 1100. The molecular weight excluding hydrogens is 374 g/mol. The zero-order valence-electron chi connectivity index (χ0n) is 15.5. The van der Waals surface area contributed by atoms with Gasteiger partial charge in [-0.25, -0.2) is 9.48 Å². The number of nitrogens with one attached hydrogen (secondary N) is 1. The lowest BCUT2D eigenvalue weighted by Gasteiger charge is -2.04. The van der Waals surface area contributed by atoms with Crippen LogP contribution in [0.15, 0.2) is 59.4 Å². The first-order valence-electron chi connectivity index (χ1n) is 9.32. The summed E-state index contributed by atoms with van der Waals surface area (Å²) in [6.07, 6.45) is 1.92. The molecule has 1 aliphatic rings. The average Bonchev–Trinajstić information content (AvgIpc) is 3.52. The highest BCUT2D eigenvalue weighted by Crippen LogP contribution is 2.36. The topological polar surface area (TPSA) is 112 Å². The van der Waals surface area contributed by atoms with E-state index in [0.29, 0.717) is 11.4 Å². The van der Waals surface area contributed by atoms with Gasteiger partial charge in [0.2, 0.25) is 0 Å². The minimum absolute atomic E-state index is 0.0767. The van der Waals surface area contributed by atoms with Gasteiger partial charge in [-0.05, 0) is 25.0 Å². The molecule has 29 heavy (non-hydrogen) atoms. The Kier molecular flexibility index (Phi) is 4.94. The Labute approximate surface area is 165 Å². The van der Waals surface area contributed by atoms with Crippen LogP contribution in [0.1, 0.15) is 29.2 Å². The van der Waals surface area contributed by atoms with E-state index in [9.17, 15) is 19.7 Å². The van der Waals surface area contributed by atoms with E-state index in [4.69, 9.17) is 0 Å². The first kappa shape index (κ1) is 18.6. The van der Waals surface area contributed by atoms with Crippen LogP contribution in [0.5, 0.6) is 0 Å². The van der Waals surface area contributed by atoms with Crippen LogP contribution in [-0.2, 0) is 6.54 Å². The summed E-state index contributed by atoms with van der Waals surface area (Å²) in [5, 5.41) is 17.9. The summed E-state index contributed by atoms with van der Waals surface area (Å²) in [7, 11) is 0. The molecule has 1 N–H and O–H groups in total. The lowest BCUT2D eigenvalue weighted by atomic mass is 10.2. The van der Waals surface area contributed by atoms with E-state index >= 15 is 0 Å². The van der Waals surface area contributed by atoms with Gasteiger partial charge in [-0.2, -0.15) is 0 Å². The van der Waals surface area contributed by atoms with Gasteiger partial charge in [0.25, 0.3) is 11.6 Å². The molecule has 0 atom stereocenters. The van der Waals surface area contributed by atoms with Crippen LogP contribution in [0.25, 0.3) is 11.4 Å². The maximum Gasteiger partial charge on any atom is 0.346 e. The van der Waals surface area contributed by atoms with Gasteiger partial charge in [0.15, 0.2) is 5.82 Å². The zero-order valence-corrected chi connectivity index (χ0v) is 15.5. The van der Waals surface area contributed by atoms with Crippen molar-refractivity contribution < 1.29 is 9.72 Å². The van der Waals surface area contributed by atoms with E-state index in [1.807, 2.05) is 30.3 Å². The number of rotatable bonds is 7. The Hall–Kier alpha value is -3.75. The number of nitrogens with zero attached hydrogens (tertiary/aromatic N) is 4. The molecule has 0 bridgehead atoms. The molecule has 1 heterocycles. The molecule has 148 valence electrons. The van der Waals surface area contributed by atoms with Crippen LogP contribution in [0.4, 0.5) is 5.69 Å². The van der Waals surface area contributed by atoms with Gasteiger partial charge in [0.05, 0.1) is 11.5 Å². The maximum atomic E-state index is 12.8. The van der Waals surface area contributed by atoms with Crippen molar-refractivity contribution in [3.8, 4) is 11.4 Å². The molecule has 9 nitrogen and oxygen atoms in total. The number of non-ortho nitro benzene ring substituents is 1. The summed E-state index contributed by atoms with van der Waals surface area (Å²) >= 11 is 0. The van der Waals surface area contributed by atoms with Crippen molar-refractivity contribution in [1.82, 2.24) is 19.7 Å². The van der Waals surface area contributed by atoms with Crippen molar-refractivity contribution in [3.05, 3.63) is 80.8 Å². The molecule has 0 aliphatic heterocycles. The molecule has 0 saturated heterocycles. The highest BCUT2D eigenvalue weighted by molar-refractivity contribution is 5.94. The molecule has 1 aliphatic carbocycles. The summed E-state index contributed by atoms with van der Waals surface area (Å²) in [6, 6.07) is 15.1. The SMILES string of the molecule is O=C(NCCn1nc(-c2ccccc2)n(C2CC2)c1=O)c1ccc([N+](=O)[O-])cc1. The summed E-state index contributed by atoms with van der Waals surface area (Å²) in [4.78, 5) is 35.2. The molecule has 0 spiro atoms. The van der Waals surface area contributed by atoms with Crippen molar-refractivity contribution in [2.24, 2.45) is 0 Å². The number of hydrogen-bond acceptors (Lipinski definition) is 5. The predicted molar refractivity (Wildman–Crippen MR) is 106 cm³/mol. The number of carbonyl (C=O) groups is 1. The van der Waals surface area contributed by atoms with Crippen LogP contribution in [-0.4, -0.2) is 31.7 Å². The Morgan fingerprint density at radius 3 is 2.45 bits per heavy atom. The van der Waals surface area contributed by atoms with Gasteiger partial charge in [-0.15, -0.1) is 5.10 Å². The summed E-state index contributed by atoms with van der Waals surface area (Å²) in [5.74, 6) is 0.276. The largest absolute Gasteiger partial charge is 0.350 e. The highest BCUT2D eigenvalue weighted by Gasteiger charge is 2.30. The fraction of sp³-hybridized carbons (Fsp3) is 0.250. The number of hydrogen-bond donors (Lipinski definition) is 1. The van der Waals surface area contributed by atoms with Crippen LogP contribution in [0, 0.1) is 10.1 Å². The first-order chi connectivity index (χ1) is 14.0. The third kappa shape index (κ3) is 3.93. The molecule has 4 rings (SSSR count). The lowest BCUT2D eigenvalue weighted by Crippen LogP contribution is -2.32. The van der Waals surface area contributed by atoms with Gasteiger partial charge >= 0.3 is 5.69 Å². The Morgan fingerprint density at radius 2 is 1.83 bits per heavy atom. The van der Waals surface area contributed by atoms with Crippen molar-refractivity contribution >= 4 is 11.6 Å². The number of benzene rings is 2. The van der Waals surface area contributed by atoms with Gasteiger partial charge in [0, 0.05) is 35.8 Å². The fourth-order valence-electron chi connectivity index (χ4n) is 3.12. The average molecular weight is 393 g/mol. The van der Waals surface area contributed by atoms with E-state index in [1.54, 1.807) is 4.57 Å². The van der Waals surface area contributed by atoms with Crippen molar-refractivity contribution in [2.45, 2.75) is 25.4 Å².